The summed E-state index contributed by atoms with van der Waals surface area (Å²) in [5, 5.41) is 0.448. The summed E-state index contributed by atoms with van der Waals surface area (Å²) in [5.74, 6) is -0.635. The zero-order valence-electron chi connectivity index (χ0n) is 16.7. The lowest BCUT2D eigenvalue weighted by atomic mass is 10.1. The van der Waals surface area contributed by atoms with Gasteiger partial charge in [0.05, 0.1) is 17.1 Å². The van der Waals surface area contributed by atoms with Gasteiger partial charge in [-0.3, -0.25) is 0 Å². The second kappa shape index (κ2) is 8.72. The number of fused-ring (bicyclic) bond motifs is 1. The lowest BCUT2D eigenvalue weighted by Gasteiger charge is -2.10. The van der Waals surface area contributed by atoms with Crippen LogP contribution in [0.25, 0.3) is 11.0 Å². The van der Waals surface area contributed by atoms with Crippen LogP contribution in [0.3, 0.4) is 0 Å². The van der Waals surface area contributed by atoms with Crippen LogP contribution in [0.5, 0.6) is 0 Å². The molecule has 31 heavy (non-hydrogen) atoms. The standard InChI is InChI=1S/C21H20F3NO5S/c1-3-29-20(26)19-13(2)17-12-16(7-8-18(17)30-19)31(27,28)25-10-9-14-5-4-6-15(11-14)21(22,23)24/h4-8,11-12,25H,3,9-10H2,1-2H3. The van der Waals surface area contributed by atoms with Crippen LogP contribution in [0.15, 0.2) is 51.8 Å². The van der Waals surface area contributed by atoms with E-state index in [-0.39, 0.29) is 30.2 Å². The smallest absolute Gasteiger partial charge is 0.416 e. The molecule has 0 saturated heterocycles. The van der Waals surface area contributed by atoms with Crippen molar-refractivity contribution < 1.29 is 35.5 Å². The quantitative estimate of drug-likeness (QED) is 0.532. The van der Waals surface area contributed by atoms with Crippen molar-refractivity contribution >= 4 is 27.0 Å². The number of furan rings is 1. The molecule has 0 atom stereocenters. The molecule has 3 aromatic rings. The van der Waals surface area contributed by atoms with Gasteiger partial charge in [-0.2, -0.15) is 13.2 Å². The number of ether oxygens (including phenoxy) is 1. The zero-order chi connectivity index (χ0) is 22.8. The first-order valence-electron chi connectivity index (χ1n) is 9.39. The summed E-state index contributed by atoms with van der Waals surface area (Å²) in [6.45, 7) is 3.37. The first-order chi connectivity index (χ1) is 14.5. The molecule has 1 heterocycles. The third-order valence-electron chi connectivity index (χ3n) is 4.64. The molecule has 0 bridgehead atoms. The molecular weight excluding hydrogens is 435 g/mol. The predicted octanol–water partition coefficient (Wildman–Crippen LogP) is 4.46. The number of sulfonamides is 1. The molecule has 0 spiro atoms. The number of carbonyl (C=O) groups is 1. The number of benzene rings is 2. The molecule has 166 valence electrons. The summed E-state index contributed by atoms with van der Waals surface area (Å²) in [7, 11) is -3.93. The van der Waals surface area contributed by atoms with Crippen LogP contribution in [0.1, 0.15) is 34.2 Å². The van der Waals surface area contributed by atoms with Crippen molar-refractivity contribution in [2.45, 2.75) is 31.3 Å². The van der Waals surface area contributed by atoms with Gasteiger partial charge in [-0.15, -0.1) is 0 Å². The van der Waals surface area contributed by atoms with E-state index in [1.807, 2.05) is 0 Å². The molecule has 2 aromatic carbocycles. The molecule has 1 aromatic heterocycles. The third-order valence-corrected chi connectivity index (χ3v) is 6.10. The van der Waals surface area contributed by atoms with Gasteiger partial charge in [0.2, 0.25) is 15.8 Å². The first-order valence-corrected chi connectivity index (χ1v) is 10.9. The molecule has 0 unspecified atom stereocenters. The molecule has 0 saturated carbocycles. The van der Waals surface area contributed by atoms with E-state index in [0.29, 0.717) is 22.1 Å². The number of hydrogen-bond donors (Lipinski definition) is 1. The van der Waals surface area contributed by atoms with Crippen LogP contribution in [0.2, 0.25) is 0 Å². The number of carbonyl (C=O) groups excluding carboxylic acids is 1. The molecule has 0 fully saturated rings. The summed E-state index contributed by atoms with van der Waals surface area (Å²) < 4.78 is 76.5. The molecule has 1 N–H and O–H groups in total. The number of hydrogen-bond acceptors (Lipinski definition) is 5. The predicted molar refractivity (Wildman–Crippen MR) is 107 cm³/mol. The average molecular weight is 455 g/mol. The van der Waals surface area contributed by atoms with Crippen molar-refractivity contribution in [3.63, 3.8) is 0 Å². The maximum atomic E-state index is 12.8. The number of nitrogens with one attached hydrogen (secondary N) is 1. The summed E-state index contributed by atoms with van der Waals surface area (Å²) >= 11 is 0. The molecule has 3 rings (SSSR count). The van der Waals surface area contributed by atoms with Gasteiger partial charge in [-0.1, -0.05) is 18.2 Å². The van der Waals surface area contributed by atoms with E-state index in [1.54, 1.807) is 13.8 Å². The Balaban J connectivity index is 1.76. The second-order valence-electron chi connectivity index (χ2n) is 6.78. The van der Waals surface area contributed by atoms with E-state index < -0.39 is 27.7 Å². The van der Waals surface area contributed by atoms with Crippen molar-refractivity contribution in [2.24, 2.45) is 0 Å². The maximum absolute atomic E-state index is 12.8. The first kappa shape index (κ1) is 22.8. The Bertz CT molecular complexity index is 1220. The fourth-order valence-corrected chi connectivity index (χ4v) is 4.13. The number of aryl methyl sites for hydroxylation is 1. The lowest BCUT2D eigenvalue weighted by molar-refractivity contribution is -0.137. The number of rotatable bonds is 7. The van der Waals surface area contributed by atoms with E-state index in [4.69, 9.17) is 9.15 Å². The average Bonchev–Trinajstić information content (AvgIpc) is 3.04. The Morgan fingerprint density at radius 1 is 1.16 bits per heavy atom. The summed E-state index contributed by atoms with van der Waals surface area (Å²) in [4.78, 5) is 11.9. The van der Waals surface area contributed by atoms with Crippen molar-refractivity contribution in [2.75, 3.05) is 13.2 Å². The highest BCUT2D eigenvalue weighted by Gasteiger charge is 2.30. The van der Waals surface area contributed by atoms with Crippen molar-refractivity contribution in [3.8, 4) is 0 Å². The van der Waals surface area contributed by atoms with Gasteiger partial charge < -0.3 is 9.15 Å². The van der Waals surface area contributed by atoms with Crippen LogP contribution in [-0.2, 0) is 27.4 Å². The fourth-order valence-electron chi connectivity index (χ4n) is 3.07. The highest BCUT2D eigenvalue weighted by atomic mass is 32.2. The lowest BCUT2D eigenvalue weighted by Crippen LogP contribution is -2.26. The third kappa shape index (κ3) is 5.08. The van der Waals surface area contributed by atoms with E-state index in [1.165, 1.54) is 30.3 Å². The minimum Gasteiger partial charge on any atom is -0.460 e. The molecule has 0 aliphatic heterocycles. The Morgan fingerprint density at radius 2 is 1.90 bits per heavy atom. The largest absolute Gasteiger partial charge is 0.460 e. The van der Waals surface area contributed by atoms with Crippen molar-refractivity contribution in [3.05, 3.63) is 64.9 Å². The monoisotopic (exact) mass is 455 g/mol. The Labute approximate surface area is 177 Å². The van der Waals surface area contributed by atoms with Gasteiger partial charge >= 0.3 is 12.1 Å². The van der Waals surface area contributed by atoms with Crippen molar-refractivity contribution in [1.29, 1.82) is 0 Å². The van der Waals surface area contributed by atoms with Crippen LogP contribution in [-0.4, -0.2) is 27.5 Å². The second-order valence-corrected chi connectivity index (χ2v) is 8.55. The fraction of sp³-hybridized carbons (Fsp3) is 0.286. The Kier molecular flexibility index (Phi) is 6.42. The summed E-state index contributed by atoms with van der Waals surface area (Å²) in [6, 6.07) is 8.88. The van der Waals surface area contributed by atoms with Gasteiger partial charge in [0.15, 0.2) is 0 Å². The molecule has 0 aliphatic rings. The molecule has 0 amide bonds. The maximum Gasteiger partial charge on any atom is 0.416 e. The highest BCUT2D eigenvalue weighted by Crippen LogP contribution is 2.30. The van der Waals surface area contributed by atoms with Crippen LogP contribution >= 0.6 is 0 Å². The van der Waals surface area contributed by atoms with Gasteiger partial charge in [0, 0.05) is 17.5 Å². The normalized spacial score (nSPS) is 12.3. The van der Waals surface area contributed by atoms with Crippen LogP contribution in [0, 0.1) is 6.92 Å². The number of halogens is 3. The van der Waals surface area contributed by atoms with Crippen LogP contribution in [0.4, 0.5) is 13.2 Å². The summed E-state index contributed by atoms with van der Waals surface area (Å²) in [5.41, 5.74) is 0.363. The van der Waals surface area contributed by atoms with Gasteiger partial charge in [0.25, 0.3) is 0 Å². The van der Waals surface area contributed by atoms with Gasteiger partial charge in [-0.05, 0) is 50.1 Å². The molecule has 0 radical (unpaired) electrons. The molecule has 0 aliphatic carbocycles. The zero-order valence-corrected chi connectivity index (χ0v) is 17.6. The van der Waals surface area contributed by atoms with Gasteiger partial charge in [-0.25, -0.2) is 17.9 Å². The Morgan fingerprint density at radius 3 is 2.58 bits per heavy atom. The van der Waals surface area contributed by atoms with Gasteiger partial charge in [0.1, 0.15) is 5.58 Å². The summed E-state index contributed by atoms with van der Waals surface area (Å²) in [6.07, 6.45) is -4.38. The SMILES string of the molecule is CCOC(=O)c1oc2ccc(S(=O)(=O)NCCc3cccc(C(F)(F)F)c3)cc2c1C. The van der Waals surface area contributed by atoms with E-state index >= 15 is 0 Å². The minimum atomic E-state index is -4.46. The van der Waals surface area contributed by atoms with E-state index in [0.717, 1.165) is 12.1 Å². The number of esters is 1. The molecule has 10 heteroatoms. The molecular formula is C21H20F3NO5S. The van der Waals surface area contributed by atoms with Crippen molar-refractivity contribution in [1.82, 2.24) is 4.72 Å². The van der Waals surface area contributed by atoms with E-state index in [2.05, 4.69) is 4.72 Å². The number of alkyl halides is 3. The minimum absolute atomic E-state index is 0.00361. The van der Waals surface area contributed by atoms with Crippen LogP contribution < -0.4 is 4.72 Å². The topological polar surface area (TPSA) is 85.6 Å². The molecule has 6 nitrogen and oxygen atoms in total. The highest BCUT2D eigenvalue weighted by molar-refractivity contribution is 7.89. The van der Waals surface area contributed by atoms with E-state index in [9.17, 15) is 26.4 Å². The Hall–Kier alpha value is -2.85.